The van der Waals surface area contributed by atoms with E-state index in [-0.39, 0.29) is 5.69 Å². The molecular weight excluding hydrogens is 266 g/mol. The number of halogens is 2. The molecule has 0 saturated heterocycles. The summed E-state index contributed by atoms with van der Waals surface area (Å²) in [4.78, 5) is 4.41. The second-order valence-electron chi connectivity index (χ2n) is 4.34. The van der Waals surface area contributed by atoms with Crippen LogP contribution in [0.25, 0.3) is 20.8 Å². The first kappa shape index (κ1) is 12.0. The Morgan fingerprint density at radius 3 is 2.63 bits per heavy atom. The van der Waals surface area contributed by atoms with Gasteiger partial charge in [0.1, 0.15) is 5.01 Å². The highest BCUT2D eigenvalue weighted by atomic mass is 32.1. The first-order valence-electron chi connectivity index (χ1n) is 5.66. The number of nitrogens with zero attached hydrogens (tertiary/aromatic N) is 1. The molecular formula is C14H10F2N2S. The van der Waals surface area contributed by atoms with Gasteiger partial charge in [-0.05, 0) is 30.7 Å². The minimum Gasteiger partial charge on any atom is -0.398 e. The third-order valence-corrected chi connectivity index (χ3v) is 3.92. The van der Waals surface area contributed by atoms with Gasteiger partial charge in [0, 0.05) is 17.3 Å². The summed E-state index contributed by atoms with van der Waals surface area (Å²) in [5, 5.41) is 0.594. The molecule has 96 valence electrons. The Bertz CT molecular complexity index is 780. The van der Waals surface area contributed by atoms with Gasteiger partial charge in [-0.1, -0.05) is 6.07 Å². The molecule has 0 saturated carbocycles. The van der Waals surface area contributed by atoms with E-state index in [0.717, 1.165) is 27.9 Å². The molecule has 5 heteroatoms. The first-order chi connectivity index (χ1) is 9.04. The van der Waals surface area contributed by atoms with Crippen LogP contribution in [0.5, 0.6) is 0 Å². The van der Waals surface area contributed by atoms with Crippen molar-refractivity contribution in [1.29, 1.82) is 0 Å². The molecule has 0 radical (unpaired) electrons. The Hall–Kier alpha value is -2.01. The van der Waals surface area contributed by atoms with E-state index in [2.05, 4.69) is 4.98 Å². The van der Waals surface area contributed by atoms with E-state index in [1.54, 1.807) is 0 Å². The zero-order valence-electron chi connectivity index (χ0n) is 10.1. The van der Waals surface area contributed by atoms with E-state index in [9.17, 15) is 8.78 Å². The lowest BCUT2D eigenvalue weighted by molar-refractivity contribution is 0.509. The smallest absolute Gasteiger partial charge is 0.160 e. The highest BCUT2D eigenvalue weighted by molar-refractivity contribution is 7.21. The van der Waals surface area contributed by atoms with Crippen LogP contribution < -0.4 is 5.73 Å². The van der Waals surface area contributed by atoms with Gasteiger partial charge in [0.2, 0.25) is 0 Å². The van der Waals surface area contributed by atoms with Crippen molar-refractivity contribution in [1.82, 2.24) is 4.98 Å². The van der Waals surface area contributed by atoms with Gasteiger partial charge in [-0.15, -0.1) is 11.3 Å². The quantitative estimate of drug-likeness (QED) is 0.679. The van der Waals surface area contributed by atoms with Crippen molar-refractivity contribution in [2.75, 3.05) is 5.73 Å². The molecule has 0 aliphatic heterocycles. The molecule has 0 fully saturated rings. The van der Waals surface area contributed by atoms with E-state index < -0.39 is 11.6 Å². The zero-order chi connectivity index (χ0) is 13.6. The number of nitrogen functional groups attached to an aromatic ring is 1. The van der Waals surface area contributed by atoms with Crippen LogP contribution in [0.1, 0.15) is 5.56 Å². The van der Waals surface area contributed by atoms with Crippen molar-refractivity contribution in [2.24, 2.45) is 0 Å². The average Bonchev–Trinajstić information content (AvgIpc) is 2.76. The maximum atomic E-state index is 13.3. The number of rotatable bonds is 1. The monoisotopic (exact) mass is 276 g/mol. The number of hydrogen-bond donors (Lipinski definition) is 1. The van der Waals surface area contributed by atoms with Gasteiger partial charge in [-0.2, -0.15) is 0 Å². The molecule has 2 N–H and O–H groups in total. The SMILES string of the molecule is Cc1ccc2nc(-c3cc(F)c(F)cc3N)sc2c1. The van der Waals surface area contributed by atoms with E-state index in [1.165, 1.54) is 11.3 Å². The number of fused-ring (bicyclic) bond motifs is 1. The van der Waals surface area contributed by atoms with Crippen LogP contribution in [-0.4, -0.2) is 4.98 Å². The molecule has 0 bridgehead atoms. The lowest BCUT2D eigenvalue weighted by Crippen LogP contribution is -1.94. The maximum absolute atomic E-state index is 13.3. The van der Waals surface area contributed by atoms with E-state index in [4.69, 9.17) is 5.73 Å². The van der Waals surface area contributed by atoms with Crippen molar-refractivity contribution >= 4 is 27.2 Å². The number of aromatic nitrogens is 1. The van der Waals surface area contributed by atoms with Gasteiger partial charge in [0.25, 0.3) is 0 Å². The van der Waals surface area contributed by atoms with Gasteiger partial charge in [-0.25, -0.2) is 13.8 Å². The van der Waals surface area contributed by atoms with Crippen LogP contribution in [0, 0.1) is 18.6 Å². The molecule has 1 heterocycles. The molecule has 0 aliphatic carbocycles. The van der Waals surface area contributed by atoms with Crippen molar-refractivity contribution < 1.29 is 8.78 Å². The highest BCUT2D eigenvalue weighted by Crippen LogP contribution is 2.34. The fourth-order valence-corrected chi connectivity index (χ4v) is 3.00. The number of anilines is 1. The topological polar surface area (TPSA) is 38.9 Å². The molecule has 19 heavy (non-hydrogen) atoms. The van der Waals surface area contributed by atoms with Crippen LogP contribution >= 0.6 is 11.3 Å². The third kappa shape index (κ3) is 2.06. The molecule has 3 rings (SSSR count). The Balaban J connectivity index is 2.21. The van der Waals surface area contributed by atoms with E-state index >= 15 is 0 Å². The summed E-state index contributed by atoms with van der Waals surface area (Å²) in [5.41, 5.74) is 8.31. The predicted molar refractivity (Wildman–Crippen MR) is 74.1 cm³/mol. The van der Waals surface area contributed by atoms with Crippen LogP contribution in [0.4, 0.5) is 14.5 Å². The van der Waals surface area contributed by atoms with Crippen LogP contribution in [0.2, 0.25) is 0 Å². The summed E-state index contributed by atoms with van der Waals surface area (Å²) in [5.74, 6) is -1.86. The molecule has 2 aromatic carbocycles. The molecule has 0 amide bonds. The number of thiazole rings is 1. The fourth-order valence-electron chi connectivity index (χ4n) is 1.89. The van der Waals surface area contributed by atoms with Crippen LogP contribution in [0.15, 0.2) is 30.3 Å². The van der Waals surface area contributed by atoms with E-state index in [1.807, 2.05) is 25.1 Å². The van der Waals surface area contributed by atoms with Gasteiger partial charge < -0.3 is 5.73 Å². The summed E-state index contributed by atoms with van der Waals surface area (Å²) >= 11 is 1.41. The van der Waals surface area contributed by atoms with E-state index in [0.29, 0.717) is 10.6 Å². The largest absolute Gasteiger partial charge is 0.398 e. The standard InChI is InChI=1S/C14H10F2N2S/c1-7-2-3-12-13(4-7)19-14(18-12)8-5-9(15)10(16)6-11(8)17/h2-6H,17H2,1H3. The summed E-state index contributed by atoms with van der Waals surface area (Å²) in [6.45, 7) is 1.99. The first-order valence-corrected chi connectivity index (χ1v) is 6.48. The van der Waals surface area contributed by atoms with Crippen LogP contribution in [-0.2, 0) is 0 Å². The Morgan fingerprint density at radius 1 is 1.11 bits per heavy atom. The normalized spacial score (nSPS) is 11.1. The molecule has 0 aliphatic rings. The van der Waals surface area contributed by atoms with Crippen molar-refractivity contribution in [3.63, 3.8) is 0 Å². The summed E-state index contributed by atoms with van der Waals surface area (Å²) in [6.07, 6.45) is 0. The molecule has 1 aromatic heterocycles. The van der Waals surface area contributed by atoms with Gasteiger partial charge in [0.05, 0.1) is 10.2 Å². The Morgan fingerprint density at radius 2 is 1.84 bits per heavy atom. The fraction of sp³-hybridized carbons (Fsp3) is 0.0714. The molecule has 3 aromatic rings. The Kier molecular flexibility index (Phi) is 2.71. The number of aryl methyl sites for hydroxylation is 1. The number of hydrogen-bond acceptors (Lipinski definition) is 3. The summed E-state index contributed by atoms with van der Waals surface area (Å²) in [7, 11) is 0. The van der Waals surface area contributed by atoms with Crippen molar-refractivity contribution in [3.05, 3.63) is 47.5 Å². The molecule has 0 unspecified atom stereocenters. The van der Waals surface area contributed by atoms with Gasteiger partial charge >= 0.3 is 0 Å². The number of nitrogens with two attached hydrogens (primary N) is 1. The summed E-state index contributed by atoms with van der Waals surface area (Å²) < 4.78 is 27.4. The Labute approximate surface area is 112 Å². The summed E-state index contributed by atoms with van der Waals surface area (Å²) in [6, 6.07) is 7.95. The number of benzene rings is 2. The second kappa shape index (κ2) is 4.28. The van der Waals surface area contributed by atoms with Crippen molar-refractivity contribution in [2.45, 2.75) is 6.92 Å². The van der Waals surface area contributed by atoms with Crippen LogP contribution in [0.3, 0.4) is 0 Å². The lowest BCUT2D eigenvalue weighted by atomic mass is 10.2. The van der Waals surface area contributed by atoms with Gasteiger partial charge in [0.15, 0.2) is 11.6 Å². The molecule has 2 nitrogen and oxygen atoms in total. The highest BCUT2D eigenvalue weighted by Gasteiger charge is 2.13. The molecule has 0 atom stereocenters. The molecule has 0 spiro atoms. The lowest BCUT2D eigenvalue weighted by Gasteiger charge is -2.02. The second-order valence-corrected chi connectivity index (χ2v) is 5.37. The van der Waals surface area contributed by atoms with Gasteiger partial charge in [-0.3, -0.25) is 0 Å². The van der Waals surface area contributed by atoms with Crippen molar-refractivity contribution in [3.8, 4) is 10.6 Å². The average molecular weight is 276 g/mol. The third-order valence-electron chi connectivity index (χ3n) is 2.87. The predicted octanol–water partition coefficient (Wildman–Crippen LogP) is 4.13. The minimum atomic E-state index is -0.946. The maximum Gasteiger partial charge on any atom is 0.160 e. The zero-order valence-corrected chi connectivity index (χ0v) is 10.9. The minimum absolute atomic E-state index is 0.190.